The van der Waals surface area contributed by atoms with E-state index in [2.05, 4.69) is 32.6 Å². The minimum absolute atomic E-state index is 0.208. The van der Waals surface area contributed by atoms with Crippen LogP contribution in [-0.4, -0.2) is 52.4 Å². The van der Waals surface area contributed by atoms with Crippen molar-refractivity contribution in [3.8, 4) is 35.3 Å². The van der Waals surface area contributed by atoms with Crippen molar-refractivity contribution in [2.75, 3.05) is 31.1 Å². The summed E-state index contributed by atoms with van der Waals surface area (Å²) < 4.78 is 7.36. The molecule has 2 N–H and O–H groups in total. The minimum atomic E-state index is -0.295. The van der Waals surface area contributed by atoms with E-state index in [9.17, 15) is 10.1 Å². The van der Waals surface area contributed by atoms with Gasteiger partial charge in [-0.15, -0.1) is 6.42 Å². The van der Waals surface area contributed by atoms with Gasteiger partial charge in [-0.1, -0.05) is 5.92 Å². The molecule has 4 heterocycles. The van der Waals surface area contributed by atoms with Gasteiger partial charge in [0.25, 0.3) is 0 Å². The highest BCUT2D eigenvalue weighted by atomic mass is 16.5. The fourth-order valence-corrected chi connectivity index (χ4v) is 4.18. The number of ether oxygens (including phenoxy) is 1. The third-order valence-electron chi connectivity index (χ3n) is 6.03. The molecule has 0 unspecified atom stereocenters. The second-order valence-corrected chi connectivity index (χ2v) is 8.45. The van der Waals surface area contributed by atoms with Crippen molar-refractivity contribution < 1.29 is 9.53 Å². The summed E-state index contributed by atoms with van der Waals surface area (Å²) in [6.07, 6.45) is 11.9. The highest BCUT2D eigenvalue weighted by Gasteiger charge is 2.32. The molecule has 0 saturated carbocycles. The van der Waals surface area contributed by atoms with Crippen molar-refractivity contribution in [2.24, 2.45) is 0 Å². The molecule has 1 aliphatic rings. The number of anilines is 1. The van der Waals surface area contributed by atoms with E-state index in [0.717, 1.165) is 48.4 Å². The summed E-state index contributed by atoms with van der Waals surface area (Å²) in [7, 11) is 0. The number of aromatic nitrogens is 3. The molecule has 2 amide bonds. The van der Waals surface area contributed by atoms with Crippen LogP contribution < -0.4 is 20.3 Å². The number of carbonyl (C=O) groups excluding carboxylic acids is 1. The van der Waals surface area contributed by atoms with Crippen LogP contribution in [0, 0.1) is 23.7 Å². The molecule has 1 aliphatic heterocycles. The first-order chi connectivity index (χ1) is 16.5. The Morgan fingerprint density at radius 3 is 2.76 bits per heavy atom. The maximum Gasteiger partial charge on any atom is 0.315 e. The topological polar surface area (TPSA) is 108 Å². The van der Waals surface area contributed by atoms with Gasteiger partial charge >= 0.3 is 6.03 Å². The molecule has 0 bridgehead atoms. The quantitative estimate of drug-likeness (QED) is 0.551. The predicted octanol–water partition coefficient (Wildman–Crippen LogP) is 2.96. The Labute approximate surface area is 198 Å². The Kier molecular flexibility index (Phi) is 6.55. The van der Waals surface area contributed by atoms with E-state index in [0.29, 0.717) is 17.9 Å². The Morgan fingerprint density at radius 1 is 1.32 bits per heavy atom. The van der Waals surface area contributed by atoms with Crippen LogP contribution in [0.1, 0.15) is 32.3 Å². The summed E-state index contributed by atoms with van der Waals surface area (Å²) in [6.45, 7) is 6.24. The van der Waals surface area contributed by atoms with E-state index in [1.807, 2.05) is 38.2 Å². The maximum absolute atomic E-state index is 12.0. The maximum atomic E-state index is 12.0. The van der Waals surface area contributed by atoms with Gasteiger partial charge in [-0.3, -0.25) is 0 Å². The number of rotatable bonds is 6. The number of fused-ring (bicyclic) bond motifs is 1. The van der Waals surface area contributed by atoms with Crippen LogP contribution in [0.4, 0.5) is 10.6 Å². The third kappa shape index (κ3) is 4.74. The van der Waals surface area contributed by atoms with Crippen LogP contribution >= 0.6 is 0 Å². The molecule has 0 aliphatic carbocycles. The number of hydrogen-bond donors (Lipinski definition) is 2. The minimum Gasteiger partial charge on any atom is -0.492 e. The predicted molar refractivity (Wildman–Crippen MR) is 130 cm³/mol. The van der Waals surface area contributed by atoms with Crippen LogP contribution in [0.2, 0.25) is 0 Å². The number of terminal acetylenes is 1. The lowest BCUT2D eigenvalue weighted by Crippen LogP contribution is -2.56. The first-order valence-corrected chi connectivity index (χ1v) is 11.2. The Hall–Kier alpha value is -4.24. The van der Waals surface area contributed by atoms with Crippen LogP contribution in [0.3, 0.4) is 0 Å². The molecule has 9 nitrogen and oxygen atoms in total. The molecule has 1 saturated heterocycles. The average Bonchev–Trinajstić information content (AvgIpc) is 3.26. The number of carbonyl (C=O) groups is 1. The van der Waals surface area contributed by atoms with Gasteiger partial charge in [-0.25, -0.2) is 14.3 Å². The van der Waals surface area contributed by atoms with Crippen molar-refractivity contribution in [3.05, 3.63) is 42.4 Å². The van der Waals surface area contributed by atoms with E-state index in [1.54, 1.807) is 16.9 Å². The SMILES string of the molecule is C#CCNC(=O)NC1(C)CCN(c2ccc(-c3cc(OCC)cn4ncc(C#N)c34)cn2)CC1. The number of urea groups is 1. The smallest absolute Gasteiger partial charge is 0.315 e. The molecule has 174 valence electrons. The van der Waals surface area contributed by atoms with Gasteiger partial charge in [0.05, 0.1) is 36.6 Å². The lowest BCUT2D eigenvalue weighted by molar-refractivity contribution is 0.219. The molecule has 3 aromatic rings. The van der Waals surface area contributed by atoms with Gasteiger partial charge in [0.1, 0.15) is 17.6 Å². The normalized spacial score (nSPS) is 14.8. The number of nitriles is 1. The summed E-state index contributed by atoms with van der Waals surface area (Å²) in [5, 5.41) is 19.5. The summed E-state index contributed by atoms with van der Waals surface area (Å²) in [5.41, 5.74) is 2.64. The zero-order valence-electron chi connectivity index (χ0n) is 19.3. The lowest BCUT2D eigenvalue weighted by Gasteiger charge is -2.40. The van der Waals surface area contributed by atoms with Crippen LogP contribution in [0.25, 0.3) is 16.6 Å². The van der Waals surface area contributed by atoms with Crippen molar-refractivity contribution in [1.82, 2.24) is 25.2 Å². The number of nitrogens with zero attached hydrogens (tertiary/aromatic N) is 5. The third-order valence-corrected chi connectivity index (χ3v) is 6.03. The monoisotopic (exact) mass is 457 g/mol. The fraction of sp³-hybridized carbons (Fsp3) is 0.360. The second-order valence-electron chi connectivity index (χ2n) is 8.45. The Morgan fingerprint density at radius 2 is 2.12 bits per heavy atom. The number of nitrogens with one attached hydrogen (secondary N) is 2. The standard InChI is InChI=1S/C25H27N7O2/c1-4-10-27-24(33)30-25(3)8-11-31(12-9-25)22-7-6-18(15-28-22)21-13-20(34-5-2)17-32-23(21)19(14-26)16-29-32/h1,6-7,13,15-17H,5,8-12H2,2-3H3,(H2,27,30,33). The Bertz CT molecular complexity index is 1260. The number of pyridine rings is 2. The molecule has 0 atom stereocenters. The fourth-order valence-electron chi connectivity index (χ4n) is 4.18. The largest absolute Gasteiger partial charge is 0.492 e. The summed E-state index contributed by atoms with van der Waals surface area (Å²) in [6, 6.07) is 7.87. The highest BCUT2D eigenvalue weighted by molar-refractivity contribution is 5.85. The number of amides is 2. The zero-order chi connectivity index (χ0) is 24.1. The highest BCUT2D eigenvalue weighted by Crippen LogP contribution is 2.32. The van der Waals surface area contributed by atoms with Gasteiger partial charge in [-0.05, 0) is 44.9 Å². The van der Waals surface area contributed by atoms with E-state index >= 15 is 0 Å². The van der Waals surface area contributed by atoms with Crippen molar-refractivity contribution in [2.45, 2.75) is 32.2 Å². The van der Waals surface area contributed by atoms with Crippen LogP contribution in [0.5, 0.6) is 5.75 Å². The first-order valence-electron chi connectivity index (χ1n) is 11.2. The first kappa shape index (κ1) is 22.9. The van der Waals surface area contributed by atoms with Gasteiger partial charge in [-0.2, -0.15) is 10.4 Å². The van der Waals surface area contributed by atoms with Crippen molar-refractivity contribution >= 4 is 17.4 Å². The molecule has 4 rings (SSSR count). The molecular formula is C25H27N7O2. The van der Waals surface area contributed by atoms with Crippen LogP contribution in [0.15, 0.2) is 36.8 Å². The molecule has 1 fully saturated rings. The zero-order valence-corrected chi connectivity index (χ0v) is 19.3. The van der Waals surface area contributed by atoms with Gasteiger partial charge < -0.3 is 20.3 Å². The summed E-state index contributed by atoms with van der Waals surface area (Å²) >= 11 is 0. The van der Waals surface area contributed by atoms with E-state index in [4.69, 9.17) is 16.1 Å². The van der Waals surface area contributed by atoms with Gasteiger partial charge in [0, 0.05) is 36.0 Å². The molecule has 0 spiro atoms. The molecule has 34 heavy (non-hydrogen) atoms. The second kappa shape index (κ2) is 9.72. The lowest BCUT2D eigenvalue weighted by atomic mass is 9.89. The van der Waals surface area contributed by atoms with Gasteiger partial charge in [0.2, 0.25) is 0 Å². The Balaban J connectivity index is 1.51. The summed E-state index contributed by atoms with van der Waals surface area (Å²) in [5.74, 6) is 3.95. The molecular weight excluding hydrogens is 430 g/mol. The molecule has 3 aromatic heterocycles. The van der Waals surface area contributed by atoms with Gasteiger partial charge in [0.15, 0.2) is 0 Å². The van der Waals surface area contributed by atoms with Crippen LogP contribution in [-0.2, 0) is 0 Å². The number of hydrogen-bond acceptors (Lipinski definition) is 6. The average molecular weight is 458 g/mol. The van der Waals surface area contributed by atoms with E-state index in [-0.39, 0.29) is 18.1 Å². The molecule has 9 heteroatoms. The van der Waals surface area contributed by atoms with Crippen molar-refractivity contribution in [1.29, 1.82) is 5.26 Å². The molecule has 0 radical (unpaired) electrons. The van der Waals surface area contributed by atoms with E-state index < -0.39 is 0 Å². The number of piperidine rings is 1. The van der Waals surface area contributed by atoms with Crippen molar-refractivity contribution in [3.63, 3.8) is 0 Å². The molecule has 0 aromatic carbocycles. The van der Waals surface area contributed by atoms with E-state index in [1.165, 1.54) is 0 Å². The summed E-state index contributed by atoms with van der Waals surface area (Å²) in [4.78, 5) is 18.9.